The first kappa shape index (κ1) is 40.1. The van der Waals surface area contributed by atoms with Crippen LogP contribution in [0, 0.1) is 39.9 Å². The Morgan fingerprint density at radius 3 is 1.00 bits per heavy atom. The third-order valence-corrected chi connectivity index (χ3v) is 0. The minimum atomic E-state index is 0. The summed E-state index contributed by atoms with van der Waals surface area (Å²) in [5.41, 5.74) is 0. The van der Waals surface area contributed by atoms with E-state index in [9.17, 15) is 0 Å². The van der Waals surface area contributed by atoms with Gasteiger partial charge in [0.2, 0.25) is 0 Å². The van der Waals surface area contributed by atoms with E-state index in [0.717, 1.165) is 0 Å². The smallest absolute Gasteiger partial charge is 0 e. The molecule has 0 rings (SSSR count). The van der Waals surface area contributed by atoms with Gasteiger partial charge in [0, 0.05) is 107 Å². The van der Waals surface area contributed by atoms with Gasteiger partial charge >= 0.3 is 0 Å². The Morgan fingerprint density at radius 1 is 1.00 bits per heavy atom. The molecule has 0 saturated heterocycles. The van der Waals surface area contributed by atoms with E-state index < -0.39 is 0 Å². The van der Waals surface area contributed by atoms with Gasteiger partial charge in [-0.25, -0.2) is 0 Å². The van der Waals surface area contributed by atoms with Crippen molar-refractivity contribution in [2.75, 3.05) is 0 Å². The van der Waals surface area contributed by atoms with E-state index in [4.69, 9.17) is 0 Å². The Hall–Kier alpha value is 3.36. The summed E-state index contributed by atoms with van der Waals surface area (Å²) in [7, 11) is 0. The van der Waals surface area contributed by atoms with Gasteiger partial charge in [-0.1, -0.05) is 0 Å². The van der Waals surface area contributed by atoms with Crippen molar-refractivity contribution >= 4 is 0 Å². The molecule has 0 aliphatic heterocycles. The summed E-state index contributed by atoms with van der Waals surface area (Å²) in [6.07, 6.45) is 0. The third-order valence-electron chi connectivity index (χ3n) is 0. The van der Waals surface area contributed by atoms with Crippen LogP contribution in [0.25, 0.3) is 0 Å². The van der Waals surface area contributed by atoms with Crippen LogP contribution in [0.2, 0.25) is 0 Å². The molecule has 0 aliphatic carbocycles. The quantitative estimate of drug-likeness (QED) is 0.515. The van der Waals surface area contributed by atoms with Crippen molar-refractivity contribution in [3.8, 4) is 0 Å². The summed E-state index contributed by atoms with van der Waals surface area (Å²) in [6, 6.07) is 0. The van der Waals surface area contributed by atoms with E-state index >= 15 is 0 Å². The standard InChI is InChI=1S/Co.Fe.Gd.Mn.Ni. The fourth-order valence-electron chi connectivity index (χ4n) is 0. The molecule has 0 fully saturated rings. The molecule has 0 nitrogen and oxygen atoms in total. The molecule has 0 unspecified atom stereocenters. The average molecular weight is 386 g/mol. The van der Waals surface area contributed by atoms with Crippen LogP contribution in [-0.2, 0) is 67.4 Å². The topological polar surface area (TPSA) is 0 Å². The molecule has 0 aromatic carbocycles. The molecular formula is CoFeGdMnNi. The molecule has 0 aromatic rings. The second kappa shape index (κ2) is 26.4. The normalized spacial score (nSPS) is 0. The first-order valence-electron chi connectivity index (χ1n) is 0. The second-order valence-corrected chi connectivity index (χ2v) is 0. The van der Waals surface area contributed by atoms with E-state index in [1.807, 2.05) is 0 Å². The maximum absolute atomic E-state index is 0. The maximum Gasteiger partial charge on any atom is 0 e. The minimum Gasteiger partial charge on any atom is 0 e. The van der Waals surface area contributed by atoms with Crippen LogP contribution in [0.15, 0.2) is 0 Å². The molecule has 0 atom stereocenters. The average Bonchev–Trinajstić information content (AvgIpc) is 0. The largest absolute Gasteiger partial charge is 0 e. The third kappa shape index (κ3) is 18.7. The van der Waals surface area contributed by atoms with Gasteiger partial charge in [0.05, 0.1) is 0 Å². The van der Waals surface area contributed by atoms with Crippen molar-refractivity contribution in [2.45, 2.75) is 0 Å². The Kier molecular flexibility index (Phi) is 211. The Labute approximate surface area is 105 Å². The van der Waals surface area contributed by atoms with Crippen LogP contribution in [0.1, 0.15) is 0 Å². The van der Waals surface area contributed by atoms with Gasteiger partial charge in [-0.05, 0) is 0 Å². The van der Waals surface area contributed by atoms with Crippen molar-refractivity contribution in [2.24, 2.45) is 0 Å². The summed E-state index contributed by atoms with van der Waals surface area (Å²) < 4.78 is 0. The zero-order valence-electron chi connectivity index (χ0n) is 1.73. The van der Waals surface area contributed by atoms with Gasteiger partial charge in [-0.2, -0.15) is 0 Å². The van der Waals surface area contributed by atoms with Gasteiger partial charge in [-0.15, -0.1) is 0 Å². The van der Waals surface area contributed by atoms with Crippen molar-refractivity contribution < 1.29 is 107 Å². The maximum atomic E-state index is 0. The van der Waals surface area contributed by atoms with Crippen LogP contribution >= 0.6 is 0 Å². The second-order valence-electron chi connectivity index (χ2n) is 0. The van der Waals surface area contributed by atoms with Crippen molar-refractivity contribution in [3.63, 3.8) is 0 Å². The summed E-state index contributed by atoms with van der Waals surface area (Å²) in [5, 5.41) is 0. The molecule has 0 bridgehead atoms. The van der Waals surface area contributed by atoms with Crippen molar-refractivity contribution in [3.05, 3.63) is 0 Å². The molecule has 0 amide bonds. The van der Waals surface area contributed by atoms with Crippen LogP contribution in [-0.4, -0.2) is 0 Å². The first-order chi connectivity index (χ1) is 0. The number of rotatable bonds is 0. The number of hydrogen-bond donors (Lipinski definition) is 0. The van der Waals surface area contributed by atoms with Crippen molar-refractivity contribution in [1.29, 1.82) is 0 Å². The molecular weight excluding hydrogens is 386 g/mol. The van der Waals surface area contributed by atoms with Gasteiger partial charge < -0.3 is 0 Å². The summed E-state index contributed by atoms with van der Waals surface area (Å²) in [4.78, 5) is 0. The minimum absolute atomic E-state index is 0. The van der Waals surface area contributed by atoms with Crippen LogP contribution in [0.5, 0.6) is 0 Å². The van der Waals surface area contributed by atoms with Crippen LogP contribution in [0.3, 0.4) is 0 Å². The Balaban J connectivity index is 0. The molecule has 0 saturated carbocycles. The monoisotopic (exact) mass is 386 g/mol. The van der Waals surface area contributed by atoms with Crippen LogP contribution < -0.4 is 0 Å². The molecule has 0 aliphatic rings. The first-order valence-corrected chi connectivity index (χ1v) is 0. The fourth-order valence-corrected chi connectivity index (χ4v) is 0. The van der Waals surface area contributed by atoms with Gasteiger partial charge in [-0.3, -0.25) is 0 Å². The number of hydrogen-bond acceptors (Lipinski definition) is 0. The predicted octanol–water partition coefficient (Wildman–Crippen LogP) is -0.0100. The van der Waals surface area contributed by atoms with Gasteiger partial charge in [0.25, 0.3) is 0 Å². The molecule has 0 spiro atoms. The van der Waals surface area contributed by atoms with E-state index in [0.29, 0.717) is 0 Å². The molecule has 2 radical (unpaired) electrons. The Bertz CT molecular complexity index is 11.6. The van der Waals surface area contributed by atoms with E-state index in [2.05, 4.69) is 0 Å². The molecule has 0 N–H and O–H groups in total. The van der Waals surface area contributed by atoms with E-state index in [1.54, 1.807) is 0 Å². The van der Waals surface area contributed by atoms with Gasteiger partial charge in [0.15, 0.2) is 0 Å². The van der Waals surface area contributed by atoms with E-state index in [1.165, 1.54) is 0 Å². The van der Waals surface area contributed by atoms with Crippen LogP contribution in [0.4, 0.5) is 0 Å². The predicted molar refractivity (Wildman–Crippen MR) is 0 cm³/mol. The Morgan fingerprint density at radius 2 is 1.00 bits per heavy atom. The molecule has 42 valence electrons. The SMILES string of the molecule is [Co].[Fe].[Gd].[Mn].[Ni]. The van der Waals surface area contributed by atoms with Crippen molar-refractivity contribution in [1.82, 2.24) is 0 Å². The molecule has 5 heteroatoms. The molecule has 5 heavy (non-hydrogen) atoms. The summed E-state index contributed by atoms with van der Waals surface area (Å²) in [6.45, 7) is 0. The zero-order valence-corrected chi connectivity index (χ0v) is 8.32. The fraction of sp³-hybridized carbons (Fsp3) is 0. The zero-order chi connectivity index (χ0) is 0. The summed E-state index contributed by atoms with van der Waals surface area (Å²) in [5.74, 6) is 0. The molecule has 0 heterocycles. The molecule has 0 aromatic heterocycles. The van der Waals surface area contributed by atoms with Gasteiger partial charge in [0.1, 0.15) is 0 Å². The van der Waals surface area contributed by atoms with E-state index in [-0.39, 0.29) is 107 Å². The summed E-state index contributed by atoms with van der Waals surface area (Å²) >= 11 is 0.